The van der Waals surface area contributed by atoms with Gasteiger partial charge in [0.2, 0.25) is 0 Å². The highest BCUT2D eigenvalue weighted by Gasteiger charge is 3.00. The van der Waals surface area contributed by atoms with Crippen LogP contribution in [0.3, 0.4) is 0 Å². The number of carboxylic acids is 2. The van der Waals surface area contributed by atoms with Crippen LogP contribution in [0.1, 0.15) is 13.8 Å². The van der Waals surface area contributed by atoms with Crippen molar-refractivity contribution in [1.29, 1.82) is 0 Å². The lowest BCUT2D eigenvalue weighted by molar-refractivity contribution is -0.135. The van der Waals surface area contributed by atoms with Crippen molar-refractivity contribution in [3.8, 4) is 0 Å². The molecule has 0 aromatic heterocycles. The Morgan fingerprint density at radius 2 is 1.00 bits per heavy atom. The molecule has 0 unspecified atom stereocenters. The lowest BCUT2D eigenvalue weighted by Gasteiger charge is -1.59. The third-order valence-corrected chi connectivity index (χ3v) is 0. The fourth-order valence-corrected chi connectivity index (χ4v) is 0. The van der Waals surface area contributed by atoms with E-state index >= 15 is 0 Å². The monoisotopic (exact) mass is 247 g/mol. The molecule has 0 saturated carbocycles. The van der Waals surface area contributed by atoms with Gasteiger partial charge in [-0.25, -0.2) is 0 Å². The molecule has 4 radical (unpaired) electrons. The van der Waals surface area contributed by atoms with Crippen LogP contribution in [-0.4, -0.2) is 22.2 Å². The lowest BCUT2D eigenvalue weighted by atomic mass is 10.9. The molecule has 52 valence electrons. The van der Waals surface area contributed by atoms with Crippen LogP contribution in [0.25, 0.3) is 0 Å². The Kier molecular flexibility index (Phi) is 18.7. The first-order chi connectivity index (χ1) is 3.46. The standard InChI is InChI=1S/2C2H4O2.I/c2*1-2(3)4;/h2*1H3,(H,3,4);/q;;+3. The molecule has 0 aromatic rings. The van der Waals surface area contributed by atoms with E-state index in [9.17, 15) is 0 Å². The maximum Gasteiger partial charge on any atom is 3.00 e. The van der Waals surface area contributed by atoms with E-state index in [0.29, 0.717) is 0 Å². The first kappa shape index (κ1) is 15.9. The van der Waals surface area contributed by atoms with Crippen molar-refractivity contribution in [1.82, 2.24) is 0 Å². The largest absolute Gasteiger partial charge is 3.00 e. The SMILES string of the molecule is CC(=O)O.CC(=O)O.[I+3]. The minimum Gasteiger partial charge on any atom is -0.481 e. The van der Waals surface area contributed by atoms with E-state index in [4.69, 9.17) is 19.8 Å². The molecule has 0 aliphatic rings. The molecule has 0 amide bonds. The van der Waals surface area contributed by atoms with E-state index in [2.05, 4.69) is 0 Å². The predicted octanol–water partition coefficient (Wildman–Crippen LogP) is -2.81. The normalized spacial score (nSPS) is 5.56. The number of carbonyl (C=O) groups is 2. The highest BCUT2D eigenvalue weighted by atomic mass is 127. The van der Waals surface area contributed by atoms with Crippen LogP contribution in [0.15, 0.2) is 0 Å². The fourth-order valence-electron chi connectivity index (χ4n) is 0. The molecular formula is C4H8IO4+3. The van der Waals surface area contributed by atoms with E-state index in [1.54, 1.807) is 0 Å². The molecule has 9 heavy (non-hydrogen) atoms. The summed E-state index contributed by atoms with van der Waals surface area (Å²) in [6.45, 7) is 2.17. The summed E-state index contributed by atoms with van der Waals surface area (Å²) < 4.78 is 0. The number of aliphatic carboxylic acids is 2. The molecular weight excluding hydrogens is 239 g/mol. The Morgan fingerprint density at radius 1 is 1.00 bits per heavy atom. The first-order valence-electron chi connectivity index (χ1n) is 1.86. The molecule has 5 heteroatoms. The summed E-state index contributed by atoms with van der Waals surface area (Å²) in [4.78, 5) is 18.0. The summed E-state index contributed by atoms with van der Waals surface area (Å²) in [6.07, 6.45) is 0. The number of carboxylic acid groups (broad SMARTS) is 2. The number of hydrogen-bond donors (Lipinski definition) is 2. The molecule has 0 fully saturated rings. The topological polar surface area (TPSA) is 74.6 Å². The molecule has 4 nitrogen and oxygen atoms in total. The first-order valence-corrected chi connectivity index (χ1v) is 1.86. The smallest absolute Gasteiger partial charge is 0.481 e. The van der Waals surface area contributed by atoms with E-state index < -0.39 is 11.9 Å². The summed E-state index contributed by atoms with van der Waals surface area (Å²) in [5, 5.41) is 14.8. The van der Waals surface area contributed by atoms with Gasteiger partial charge in [0.05, 0.1) is 0 Å². The van der Waals surface area contributed by atoms with Crippen LogP contribution in [-0.2, 0) is 9.59 Å². The van der Waals surface area contributed by atoms with E-state index in [-0.39, 0.29) is 24.0 Å². The average molecular weight is 247 g/mol. The zero-order valence-corrected chi connectivity index (χ0v) is 7.25. The zero-order valence-electron chi connectivity index (χ0n) is 5.09. The van der Waals surface area contributed by atoms with Gasteiger partial charge in [-0.3, -0.25) is 9.59 Å². The highest BCUT2D eigenvalue weighted by molar-refractivity contribution is 5.63. The van der Waals surface area contributed by atoms with Gasteiger partial charge in [-0.05, 0) is 0 Å². The molecule has 0 saturated heterocycles. The van der Waals surface area contributed by atoms with Gasteiger partial charge in [0.15, 0.2) is 0 Å². The number of hydrogen-bond acceptors (Lipinski definition) is 2. The fraction of sp³-hybridized carbons (Fsp3) is 0.500. The molecule has 0 aliphatic heterocycles. The number of halogens is 1. The van der Waals surface area contributed by atoms with Gasteiger partial charge in [0.1, 0.15) is 0 Å². The van der Waals surface area contributed by atoms with Gasteiger partial charge in [0.25, 0.3) is 11.9 Å². The summed E-state index contributed by atoms with van der Waals surface area (Å²) in [5.74, 6) is -1.67. The van der Waals surface area contributed by atoms with Gasteiger partial charge in [-0.15, -0.1) is 0 Å². The quantitative estimate of drug-likeness (QED) is 0.453. The molecule has 0 rings (SSSR count). The van der Waals surface area contributed by atoms with Gasteiger partial charge < -0.3 is 10.2 Å². The van der Waals surface area contributed by atoms with Crippen LogP contribution < -0.4 is 24.0 Å². The Morgan fingerprint density at radius 3 is 1.00 bits per heavy atom. The molecule has 2 N–H and O–H groups in total. The summed E-state index contributed by atoms with van der Waals surface area (Å²) in [5.41, 5.74) is 0. The van der Waals surface area contributed by atoms with Crippen molar-refractivity contribution in [2.75, 3.05) is 0 Å². The summed E-state index contributed by atoms with van der Waals surface area (Å²) >= 11 is 0. The predicted molar refractivity (Wildman–Crippen MR) is 26.6 cm³/mol. The Bertz CT molecular complexity index is 70.6. The van der Waals surface area contributed by atoms with Crippen molar-refractivity contribution < 1.29 is 43.8 Å². The van der Waals surface area contributed by atoms with E-state index in [0.717, 1.165) is 13.8 Å². The average Bonchev–Trinajstić information content (AvgIpc) is 1.25. The Hall–Kier alpha value is -0.330. The van der Waals surface area contributed by atoms with E-state index in [1.807, 2.05) is 0 Å². The van der Waals surface area contributed by atoms with Crippen LogP contribution in [0, 0.1) is 0 Å². The lowest BCUT2D eigenvalue weighted by Crippen LogP contribution is -3.00. The Balaban J connectivity index is -0.0000000720. The van der Waals surface area contributed by atoms with Gasteiger partial charge in [-0.2, -0.15) is 0 Å². The van der Waals surface area contributed by atoms with Crippen molar-refractivity contribution in [3.05, 3.63) is 0 Å². The van der Waals surface area contributed by atoms with Crippen molar-refractivity contribution in [3.63, 3.8) is 0 Å². The number of rotatable bonds is 0. The van der Waals surface area contributed by atoms with Gasteiger partial charge >= 0.3 is 24.0 Å². The molecule has 0 aromatic carbocycles. The van der Waals surface area contributed by atoms with Gasteiger partial charge in [-0.1, -0.05) is 0 Å². The second-order valence-electron chi connectivity index (χ2n) is 1.04. The molecule has 0 atom stereocenters. The van der Waals surface area contributed by atoms with Crippen LogP contribution in [0.2, 0.25) is 0 Å². The van der Waals surface area contributed by atoms with E-state index in [1.165, 1.54) is 0 Å². The summed E-state index contributed by atoms with van der Waals surface area (Å²) in [6, 6.07) is 0. The van der Waals surface area contributed by atoms with Crippen molar-refractivity contribution in [2.24, 2.45) is 0 Å². The van der Waals surface area contributed by atoms with Gasteiger partial charge in [0, 0.05) is 13.8 Å². The van der Waals surface area contributed by atoms with Crippen LogP contribution in [0.5, 0.6) is 0 Å². The second kappa shape index (κ2) is 10.6. The molecule has 0 bridgehead atoms. The minimum atomic E-state index is -0.833. The maximum atomic E-state index is 9.00. The van der Waals surface area contributed by atoms with Crippen molar-refractivity contribution in [2.45, 2.75) is 13.8 Å². The third kappa shape index (κ3) is 2260. The zero-order chi connectivity index (χ0) is 7.15. The molecule has 0 spiro atoms. The van der Waals surface area contributed by atoms with Crippen LogP contribution in [0.4, 0.5) is 0 Å². The Labute approximate surface area is 69.9 Å². The molecule has 0 heterocycles. The summed E-state index contributed by atoms with van der Waals surface area (Å²) in [7, 11) is 0. The highest BCUT2D eigenvalue weighted by Crippen LogP contribution is 1.42. The third-order valence-electron chi connectivity index (χ3n) is 0. The van der Waals surface area contributed by atoms with Crippen LogP contribution >= 0.6 is 0 Å². The second-order valence-corrected chi connectivity index (χ2v) is 1.04. The van der Waals surface area contributed by atoms with Crippen molar-refractivity contribution >= 4 is 11.9 Å². The molecule has 0 aliphatic carbocycles. The maximum absolute atomic E-state index is 9.00. The minimum absolute atomic E-state index is 0.